The SMILES string of the molecule is COc1cccc(OC)c1[Te]C. The van der Waals surface area contributed by atoms with Gasteiger partial charge >= 0.3 is 82.9 Å². The molecule has 66 valence electrons. The van der Waals surface area contributed by atoms with Crippen molar-refractivity contribution in [3.05, 3.63) is 18.2 Å². The molecule has 0 bridgehead atoms. The number of rotatable bonds is 3. The first-order valence-electron chi connectivity index (χ1n) is 3.58. The molecule has 0 saturated heterocycles. The number of methoxy groups -OCH3 is 2. The second kappa shape index (κ2) is 4.59. The van der Waals surface area contributed by atoms with Crippen molar-refractivity contribution in [3.8, 4) is 11.5 Å². The van der Waals surface area contributed by atoms with Crippen LogP contribution in [0, 0.1) is 0 Å². The van der Waals surface area contributed by atoms with Gasteiger partial charge in [0, 0.05) is 0 Å². The molecule has 0 spiro atoms. The topological polar surface area (TPSA) is 18.5 Å². The second-order valence-electron chi connectivity index (χ2n) is 2.20. The van der Waals surface area contributed by atoms with E-state index in [2.05, 4.69) is 4.97 Å². The Morgan fingerprint density at radius 2 is 1.58 bits per heavy atom. The van der Waals surface area contributed by atoms with Crippen LogP contribution in [0.3, 0.4) is 0 Å². The van der Waals surface area contributed by atoms with Crippen molar-refractivity contribution < 1.29 is 9.47 Å². The summed E-state index contributed by atoms with van der Waals surface area (Å²) < 4.78 is 11.7. The third kappa shape index (κ3) is 1.85. The summed E-state index contributed by atoms with van der Waals surface area (Å²) >= 11 is -0.164. The molecule has 12 heavy (non-hydrogen) atoms. The molecule has 0 radical (unpaired) electrons. The molecule has 0 unspecified atom stereocenters. The van der Waals surface area contributed by atoms with Crippen LogP contribution in [-0.4, -0.2) is 35.1 Å². The van der Waals surface area contributed by atoms with E-state index < -0.39 is 0 Å². The zero-order chi connectivity index (χ0) is 8.97. The van der Waals surface area contributed by atoms with Gasteiger partial charge in [0.1, 0.15) is 0 Å². The van der Waals surface area contributed by atoms with E-state index in [0.717, 1.165) is 11.5 Å². The van der Waals surface area contributed by atoms with Crippen molar-refractivity contribution in [2.75, 3.05) is 14.2 Å². The molecule has 0 fully saturated rings. The van der Waals surface area contributed by atoms with E-state index >= 15 is 0 Å². The van der Waals surface area contributed by atoms with Crippen LogP contribution < -0.4 is 13.1 Å². The Morgan fingerprint density at radius 3 is 1.92 bits per heavy atom. The zero-order valence-corrected chi connectivity index (χ0v) is 9.79. The third-order valence-electron chi connectivity index (χ3n) is 1.59. The zero-order valence-electron chi connectivity index (χ0n) is 7.46. The molecule has 0 N–H and O–H groups in total. The number of hydrogen-bond acceptors (Lipinski definition) is 2. The molecule has 0 saturated carbocycles. The van der Waals surface area contributed by atoms with Crippen molar-refractivity contribution in [2.45, 2.75) is 4.97 Å². The van der Waals surface area contributed by atoms with Crippen LogP contribution in [0.25, 0.3) is 0 Å². The Balaban J connectivity index is 3.13. The van der Waals surface area contributed by atoms with Gasteiger partial charge in [-0.15, -0.1) is 0 Å². The maximum absolute atomic E-state index is 5.23. The van der Waals surface area contributed by atoms with E-state index in [9.17, 15) is 0 Å². The Hall–Kier alpha value is -0.390. The molecule has 0 heterocycles. The molecule has 3 heteroatoms. The van der Waals surface area contributed by atoms with Crippen LogP contribution in [0.5, 0.6) is 11.5 Å². The average Bonchev–Trinajstić information content (AvgIpc) is 2.16. The van der Waals surface area contributed by atoms with Crippen LogP contribution in [0.15, 0.2) is 18.2 Å². The van der Waals surface area contributed by atoms with Gasteiger partial charge in [0.05, 0.1) is 0 Å². The molecular formula is C9H12O2Te. The summed E-state index contributed by atoms with van der Waals surface area (Å²) in [5.74, 6) is 1.92. The number of benzene rings is 1. The van der Waals surface area contributed by atoms with E-state index in [1.54, 1.807) is 14.2 Å². The minimum absolute atomic E-state index is 0.164. The average molecular weight is 280 g/mol. The van der Waals surface area contributed by atoms with Crippen molar-refractivity contribution >= 4 is 24.5 Å². The Morgan fingerprint density at radius 1 is 1.08 bits per heavy atom. The molecular weight excluding hydrogens is 268 g/mol. The molecule has 2 nitrogen and oxygen atoms in total. The van der Waals surface area contributed by atoms with Crippen molar-refractivity contribution in [1.29, 1.82) is 0 Å². The fourth-order valence-corrected chi connectivity index (χ4v) is 3.03. The Bertz CT molecular complexity index is 238. The van der Waals surface area contributed by atoms with Crippen LogP contribution in [0.1, 0.15) is 0 Å². The number of hydrogen-bond donors (Lipinski definition) is 0. The van der Waals surface area contributed by atoms with E-state index in [1.165, 1.54) is 3.61 Å². The summed E-state index contributed by atoms with van der Waals surface area (Å²) in [7, 11) is 3.39. The van der Waals surface area contributed by atoms with Crippen molar-refractivity contribution in [1.82, 2.24) is 0 Å². The van der Waals surface area contributed by atoms with Gasteiger partial charge in [-0.2, -0.15) is 0 Å². The fourth-order valence-electron chi connectivity index (χ4n) is 1.02. The molecule has 0 amide bonds. The standard InChI is InChI=1S/C9H12O2Te/c1-10-7-5-4-6-8(11-2)9(7)12-3/h4-6H,1-3H3. The van der Waals surface area contributed by atoms with Crippen LogP contribution in [-0.2, 0) is 0 Å². The first-order chi connectivity index (χ1) is 5.83. The quantitative estimate of drug-likeness (QED) is 0.771. The molecule has 0 atom stereocenters. The summed E-state index contributed by atoms with van der Waals surface area (Å²) in [5, 5.41) is 0. The number of ether oxygens (including phenoxy) is 2. The minimum atomic E-state index is -0.164. The Labute approximate surface area is 83.0 Å². The molecule has 0 aliphatic rings. The summed E-state index contributed by atoms with van der Waals surface area (Å²) in [4.78, 5) is 2.21. The van der Waals surface area contributed by atoms with Gasteiger partial charge in [0.25, 0.3) is 0 Å². The molecule has 0 aliphatic heterocycles. The van der Waals surface area contributed by atoms with Crippen LogP contribution in [0.4, 0.5) is 0 Å². The molecule has 0 aromatic heterocycles. The van der Waals surface area contributed by atoms with Gasteiger partial charge in [-0.05, 0) is 0 Å². The first kappa shape index (κ1) is 9.70. The van der Waals surface area contributed by atoms with Gasteiger partial charge in [0.15, 0.2) is 0 Å². The summed E-state index contributed by atoms with van der Waals surface area (Å²) in [5.41, 5.74) is 0. The van der Waals surface area contributed by atoms with E-state index in [0.29, 0.717) is 0 Å². The second-order valence-corrected chi connectivity index (χ2v) is 4.53. The van der Waals surface area contributed by atoms with Crippen molar-refractivity contribution in [2.24, 2.45) is 0 Å². The maximum atomic E-state index is 5.23. The first-order valence-corrected chi connectivity index (χ1v) is 7.08. The van der Waals surface area contributed by atoms with Crippen LogP contribution in [0.2, 0.25) is 4.97 Å². The third-order valence-corrected chi connectivity index (χ3v) is 3.90. The predicted octanol–water partition coefficient (Wildman–Crippen LogP) is 1.08. The van der Waals surface area contributed by atoms with Gasteiger partial charge in [-0.1, -0.05) is 0 Å². The molecule has 1 aromatic carbocycles. The molecule has 1 rings (SSSR count). The fraction of sp³-hybridized carbons (Fsp3) is 0.333. The summed E-state index contributed by atoms with van der Waals surface area (Å²) in [6.07, 6.45) is 0. The van der Waals surface area contributed by atoms with E-state index in [4.69, 9.17) is 9.47 Å². The Kier molecular flexibility index (Phi) is 3.71. The molecule has 0 aliphatic carbocycles. The van der Waals surface area contributed by atoms with E-state index in [-0.39, 0.29) is 20.9 Å². The van der Waals surface area contributed by atoms with Crippen molar-refractivity contribution in [3.63, 3.8) is 0 Å². The van der Waals surface area contributed by atoms with Crippen LogP contribution >= 0.6 is 0 Å². The molecule has 1 aromatic rings. The van der Waals surface area contributed by atoms with E-state index in [1.807, 2.05) is 18.2 Å². The normalized spacial score (nSPS) is 9.58. The van der Waals surface area contributed by atoms with Gasteiger partial charge in [-0.25, -0.2) is 0 Å². The van der Waals surface area contributed by atoms with Gasteiger partial charge < -0.3 is 0 Å². The van der Waals surface area contributed by atoms with Gasteiger partial charge in [0.2, 0.25) is 0 Å². The summed E-state index contributed by atoms with van der Waals surface area (Å²) in [6.45, 7) is 0. The predicted molar refractivity (Wildman–Crippen MR) is 50.8 cm³/mol. The monoisotopic (exact) mass is 282 g/mol. The summed E-state index contributed by atoms with van der Waals surface area (Å²) in [6, 6.07) is 5.90. The van der Waals surface area contributed by atoms with Gasteiger partial charge in [-0.3, -0.25) is 0 Å².